The van der Waals surface area contributed by atoms with E-state index in [-0.39, 0.29) is 0 Å². The molecule has 0 amide bonds. The molecule has 0 bridgehead atoms. The highest BCUT2D eigenvalue weighted by molar-refractivity contribution is 6.34. The molecule has 0 unspecified atom stereocenters. The zero-order chi connectivity index (χ0) is 8.55. The quantitative estimate of drug-likeness (QED) is 0.672. The highest BCUT2D eigenvalue weighted by Crippen LogP contribution is 2.18. The van der Waals surface area contributed by atoms with Gasteiger partial charge in [-0.2, -0.15) is 5.10 Å². The smallest absolute Gasteiger partial charge is 0.162 e. The van der Waals surface area contributed by atoms with E-state index in [1.807, 2.05) is 6.92 Å². The lowest BCUT2D eigenvalue weighted by atomic mass is 10.4. The monoisotopic (exact) mass is 182 g/mol. The predicted molar refractivity (Wildman–Crippen MR) is 46.0 cm³/mol. The van der Waals surface area contributed by atoms with E-state index in [9.17, 15) is 0 Å². The van der Waals surface area contributed by atoms with Gasteiger partial charge in [0, 0.05) is 12.7 Å². The van der Waals surface area contributed by atoms with Crippen LogP contribution in [0, 0.1) is 0 Å². The highest BCUT2D eigenvalue weighted by atomic mass is 35.5. The van der Waals surface area contributed by atoms with Crippen molar-refractivity contribution in [2.45, 2.75) is 13.5 Å². The summed E-state index contributed by atoms with van der Waals surface area (Å²) in [4.78, 5) is 7.95. The summed E-state index contributed by atoms with van der Waals surface area (Å²) in [5.74, 6) is 0. The SMILES string of the molecule is CCn1nc(Cl)c2cncnc21. The van der Waals surface area contributed by atoms with E-state index in [4.69, 9.17) is 11.6 Å². The van der Waals surface area contributed by atoms with Crippen LogP contribution in [0.15, 0.2) is 12.5 Å². The van der Waals surface area contributed by atoms with Crippen molar-refractivity contribution in [1.82, 2.24) is 19.7 Å². The van der Waals surface area contributed by atoms with Gasteiger partial charge in [0.2, 0.25) is 0 Å². The first-order chi connectivity index (χ1) is 5.83. The Labute approximate surface area is 74.2 Å². The number of halogens is 1. The number of fused-ring (bicyclic) bond motifs is 1. The second-order valence-corrected chi connectivity index (χ2v) is 2.72. The van der Waals surface area contributed by atoms with Gasteiger partial charge in [0.15, 0.2) is 10.8 Å². The zero-order valence-electron chi connectivity index (χ0n) is 6.53. The van der Waals surface area contributed by atoms with Crippen LogP contribution in [0.25, 0.3) is 11.0 Å². The van der Waals surface area contributed by atoms with E-state index >= 15 is 0 Å². The van der Waals surface area contributed by atoms with Crippen molar-refractivity contribution in [2.75, 3.05) is 0 Å². The molecule has 0 fully saturated rings. The van der Waals surface area contributed by atoms with Crippen molar-refractivity contribution >= 4 is 22.6 Å². The molecule has 2 rings (SSSR count). The fraction of sp³-hybridized carbons (Fsp3) is 0.286. The summed E-state index contributed by atoms with van der Waals surface area (Å²) in [5, 5.41) is 5.36. The second kappa shape index (κ2) is 2.71. The van der Waals surface area contributed by atoms with Crippen LogP contribution in [0.1, 0.15) is 6.92 Å². The summed E-state index contributed by atoms with van der Waals surface area (Å²) < 4.78 is 1.75. The summed E-state index contributed by atoms with van der Waals surface area (Å²) in [6.07, 6.45) is 3.16. The molecule has 0 aliphatic heterocycles. The van der Waals surface area contributed by atoms with Gasteiger partial charge < -0.3 is 0 Å². The Hall–Kier alpha value is -1.16. The number of aromatic nitrogens is 4. The Kier molecular flexibility index (Phi) is 1.69. The lowest BCUT2D eigenvalue weighted by Crippen LogP contribution is -1.96. The molecule has 0 saturated heterocycles. The van der Waals surface area contributed by atoms with Crippen LogP contribution in [0.5, 0.6) is 0 Å². The third-order valence-electron chi connectivity index (χ3n) is 1.67. The van der Waals surface area contributed by atoms with E-state index < -0.39 is 0 Å². The minimum atomic E-state index is 0.465. The third kappa shape index (κ3) is 0.956. The van der Waals surface area contributed by atoms with Gasteiger partial charge in [0.25, 0.3) is 0 Å². The fourth-order valence-corrected chi connectivity index (χ4v) is 1.33. The van der Waals surface area contributed by atoms with Crippen LogP contribution >= 0.6 is 11.6 Å². The number of hydrogen-bond acceptors (Lipinski definition) is 3. The average Bonchev–Trinajstić information content (AvgIpc) is 2.44. The molecule has 2 heterocycles. The van der Waals surface area contributed by atoms with Crippen LogP contribution < -0.4 is 0 Å². The van der Waals surface area contributed by atoms with Gasteiger partial charge in [-0.1, -0.05) is 11.6 Å². The molecule has 0 spiro atoms. The molecule has 2 aromatic heterocycles. The zero-order valence-corrected chi connectivity index (χ0v) is 7.28. The molecule has 0 radical (unpaired) electrons. The molecule has 0 N–H and O–H groups in total. The van der Waals surface area contributed by atoms with Crippen LogP contribution in [0.3, 0.4) is 0 Å². The molecule has 12 heavy (non-hydrogen) atoms. The van der Waals surface area contributed by atoms with Crippen LogP contribution in [-0.2, 0) is 6.54 Å². The van der Waals surface area contributed by atoms with E-state index in [1.165, 1.54) is 6.33 Å². The number of rotatable bonds is 1. The summed E-state index contributed by atoms with van der Waals surface area (Å²) >= 11 is 5.84. The van der Waals surface area contributed by atoms with Gasteiger partial charge in [-0.3, -0.25) is 0 Å². The second-order valence-electron chi connectivity index (χ2n) is 2.37. The first-order valence-corrected chi connectivity index (χ1v) is 4.02. The minimum Gasteiger partial charge on any atom is -0.246 e. The molecule has 0 aliphatic rings. The minimum absolute atomic E-state index is 0.465. The van der Waals surface area contributed by atoms with Gasteiger partial charge in [0.1, 0.15) is 6.33 Å². The van der Waals surface area contributed by atoms with Crippen molar-refractivity contribution in [2.24, 2.45) is 0 Å². The molecule has 0 atom stereocenters. The standard InChI is InChI=1S/C7H7ClN4/c1-2-12-7-5(6(8)11-12)3-9-4-10-7/h3-4H,2H2,1H3. The lowest BCUT2D eigenvalue weighted by Gasteiger charge is -1.93. The maximum atomic E-state index is 5.84. The first-order valence-electron chi connectivity index (χ1n) is 3.65. The normalized spacial score (nSPS) is 10.8. The van der Waals surface area contributed by atoms with Crippen LogP contribution in [-0.4, -0.2) is 19.7 Å². The molecule has 0 aromatic carbocycles. The maximum Gasteiger partial charge on any atom is 0.162 e. The van der Waals surface area contributed by atoms with Crippen molar-refractivity contribution in [3.63, 3.8) is 0 Å². The number of hydrogen-bond donors (Lipinski definition) is 0. The number of aryl methyl sites for hydroxylation is 1. The van der Waals surface area contributed by atoms with Gasteiger partial charge in [0.05, 0.1) is 5.39 Å². The Balaban J connectivity index is 2.82. The fourth-order valence-electron chi connectivity index (χ4n) is 1.10. The van der Waals surface area contributed by atoms with Crippen molar-refractivity contribution in [3.05, 3.63) is 17.7 Å². The Bertz CT molecular complexity index is 409. The van der Waals surface area contributed by atoms with Crippen molar-refractivity contribution in [1.29, 1.82) is 0 Å². The van der Waals surface area contributed by atoms with E-state index in [1.54, 1.807) is 10.9 Å². The van der Waals surface area contributed by atoms with E-state index in [2.05, 4.69) is 15.1 Å². The third-order valence-corrected chi connectivity index (χ3v) is 1.95. The highest BCUT2D eigenvalue weighted by Gasteiger charge is 2.07. The van der Waals surface area contributed by atoms with Gasteiger partial charge in [-0.05, 0) is 6.92 Å². The van der Waals surface area contributed by atoms with Gasteiger partial charge >= 0.3 is 0 Å². The topological polar surface area (TPSA) is 43.6 Å². The predicted octanol–water partition coefficient (Wildman–Crippen LogP) is 1.50. The van der Waals surface area contributed by atoms with Crippen molar-refractivity contribution in [3.8, 4) is 0 Å². The van der Waals surface area contributed by atoms with Crippen LogP contribution in [0.4, 0.5) is 0 Å². The lowest BCUT2D eigenvalue weighted by molar-refractivity contribution is 0.676. The Morgan fingerprint density at radius 1 is 1.58 bits per heavy atom. The van der Waals surface area contributed by atoms with Gasteiger partial charge in [-0.25, -0.2) is 14.6 Å². The summed E-state index contributed by atoms with van der Waals surface area (Å²) in [6, 6.07) is 0. The molecular weight excluding hydrogens is 176 g/mol. The van der Waals surface area contributed by atoms with Crippen molar-refractivity contribution < 1.29 is 0 Å². The first kappa shape index (κ1) is 7.49. The average molecular weight is 183 g/mol. The largest absolute Gasteiger partial charge is 0.246 e. The molecule has 5 heteroatoms. The summed E-state index contributed by atoms with van der Waals surface area (Å²) in [5.41, 5.74) is 0.789. The molecule has 0 aliphatic carbocycles. The summed E-state index contributed by atoms with van der Waals surface area (Å²) in [6.45, 7) is 2.76. The molecular formula is C7H7ClN4. The Morgan fingerprint density at radius 2 is 2.42 bits per heavy atom. The maximum absolute atomic E-state index is 5.84. The molecule has 0 saturated carbocycles. The van der Waals surface area contributed by atoms with E-state index in [0.717, 1.165) is 17.6 Å². The van der Waals surface area contributed by atoms with Crippen LogP contribution in [0.2, 0.25) is 5.15 Å². The Morgan fingerprint density at radius 3 is 3.17 bits per heavy atom. The molecule has 62 valence electrons. The van der Waals surface area contributed by atoms with Gasteiger partial charge in [-0.15, -0.1) is 0 Å². The summed E-state index contributed by atoms with van der Waals surface area (Å²) in [7, 11) is 0. The molecule has 2 aromatic rings. The van der Waals surface area contributed by atoms with E-state index in [0.29, 0.717) is 5.15 Å². The molecule has 4 nitrogen and oxygen atoms in total. The number of nitrogens with zero attached hydrogens (tertiary/aromatic N) is 4.